The molecule has 0 fully saturated rings. The van der Waals surface area contributed by atoms with Gasteiger partial charge in [-0.25, -0.2) is 18.1 Å². The summed E-state index contributed by atoms with van der Waals surface area (Å²) in [6.07, 6.45) is 2.92. The highest BCUT2D eigenvalue weighted by Crippen LogP contribution is 2.17. The van der Waals surface area contributed by atoms with E-state index in [1.807, 2.05) is 0 Å². The summed E-state index contributed by atoms with van der Waals surface area (Å²) in [5, 5.41) is -0.0789. The number of nitrogens with one attached hydrogen (secondary N) is 1. The molecule has 0 amide bonds. The number of aromatic nitrogens is 1. The normalized spacial score (nSPS) is 15.5. The van der Waals surface area contributed by atoms with Gasteiger partial charge in [-0.2, -0.15) is 0 Å². The maximum atomic E-state index is 11.9. The van der Waals surface area contributed by atoms with Gasteiger partial charge in [-0.3, -0.25) is 4.21 Å². The van der Waals surface area contributed by atoms with Gasteiger partial charge in [0.05, 0.1) is 0 Å². The molecule has 1 aromatic heterocycles. The van der Waals surface area contributed by atoms with Gasteiger partial charge in [0.15, 0.2) is 0 Å². The number of sulfonamides is 1. The van der Waals surface area contributed by atoms with Crippen molar-refractivity contribution in [3.8, 4) is 0 Å². The summed E-state index contributed by atoms with van der Waals surface area (Å²) in [6, 6.07) is 2.43. The lowest BCUT2D eigenvalue weighted by Gasteiger charge is -2.13. The Morgan fingerprint density at radius 3 is 2.76 bits per heavy atom. The zero-order chi connectivity index (χ0) is 13.1. The fourth-order valence-electron chi connectivity index (χ4n) is 1.29. The largest absolute Gasteiger partial charge is 0.260 e. The van der Waals surface area contributed by atoms with E-state index in [0.717, 1.165) is 0 Å². The average molecular weight is 297 g/mol. The molecule has 0 aliphatic rings. The summed E-state index contributed by atoms with van der Waals surface area (Å²) in [6.45, 7) is 1.64. The molecule has 0 aliphatic carbocycles. The van der Waals surface area contributed by atoms with Crippen molar-refractivity contribution in [2.45, 2.75) is 17.9 Å². The van der Waals surface area contributed by atoms with Crippen LogP contribution in [0.15, 0.2) is 23.2 Å². The van der Waals surface area contributed by atoms with Gasteiger partial charge in [0.25, 0.3) is 0 Å². The molecule has 1 N–H and O–H groups in total. The molecule has 96 valence electrons. The van der Waals surface area contributed by atoms with Crippen LogP contribution in [0.25, 0.3) is 0 Å². The van der Waals surface area contributed by atoms with E-state index in [-0.39, 0.29) is 15.8 Å². The van der Waals surface area contributed by atoms with Gasteiger partial charge >= 0.3 is 0 Å². The fraction of sp³-hybridized carbons (Fsp3) is 0.444. The maximum absolute atomic E-state index is 11.9. The van der Waals surface area contributed by atoms with Crippen molar-refractivity contribution in [1.82, 2.24) is 9.71 Å². The van der Waals surface area contributed by atoms with E-state index >= 15 is 0 Å². The van der Waals surface area contributed by atoms with Gasteiger partial charge in [0.1, 0.15) is 10.0 Å². The van der Waals surface area contributed by atoms with Crippen molar-refractivity contribution >= 4 is 32.4 Å². The van der Waals surface area contributed by atoms with E-state index in [0.29, 0.717) is 0 Å². The first kappa shape index (κ1) is 14.6. The number of halogens is 1. The summed E-state index contributed by atoms with van der Waals surface area (Å²) in [5.74, 6) is 0.247. The van der Waals surface area contributed by atoms with Crippen LogP contribution in [0.1, 0.15) is 6.92 Å². The van der Waals surface area contributed by atoms with Crippen LogP contribution in [0.3, 0.4) is 0 Å². The van der Waals surface area contributed by atoms with Gasteiger partial charge in [-0.15, -0.1) is 0 Å². The molecule has 2 atom stereocenters. The zero-order valence-corrected chi connectivity index (χ0v) is 11.8. The number of hydrogen-bond acceptors (Lipinski definition) is 4. The average Bonchev–Trinajstić information content (AvgIpc) is 2.15. The minimum absolute atomic E-state index is 0.0737. The molecule has 1 rings (SSSR count). The summed E-state index contributed by atoms with van der Waals surface area (Å²) >= 11 is 5.71. The molecule has 0 aromatic carbocycles. The lowest BCUT2D eigenvalue weighted by atomic mass is 10.4. The Morgan fingerprint density at radius 2 is 2.24 bits per heavy atom. The van der Waals surface area contributed by atoms with Gasteiger partial charge in [-0.05, 0) is 19.1 Å². The van der Waals surface area contributed by atoms with Crippen LogP contribution in [-0.4, -0.2) is 35.7 Å². The minimum atomic E-state index is -3.71. The number of pyridine rings is 1. The first-order chi connectivity index (χ1) is 7.83. The minimum Gasteiger partial charge on any atom is -0.260 e. The highest BCUT2D eigenvalue weighted by Gasteiger charge is 2.21. The van der Waals surface area contributed by atoms with Crippen LogP contribution in [0, 0.1) is 0 Å². The third-order valence-electron chi connectivity index (χ3n) is 1.86. The second-order valence-electron chi connectivity index (χ2n) is 3.55. The van der Waals surface area contributed by atoms with Crippen LogP contribution >= 0.6 is 11.6 Å². The second-order valence-corrected chi connectivity index (χ2v) is 7.07. The molecular formula is C9H13ClN2O3S2. The Balaban J connectivity index is 2.90. The third kappa shape index (κ3) is 4.34. The van der Waals surface area contributed by atoms with Crippen molar-refractivity contribution in [3.63, 3.8) is 0 Å². The fourth-order valence-corrected chi connectivity index (χ4v) is 3.88. The van der Waals surface area contributed by atoms with Gasteiger partial charge in [-0.1, -0.05) is 11.6 Å². The molecule has 1 aromatic rings. The molecule has 0 spiro atoms. The summed E-state index contributed by atoms with van der Waals surface area (Å²) in [5.41, 5.74) is 0. The monoisotopic (exact) mass is 296 g/mol. The molecule has 1 heterocycles. The maximum Gasteiger partial charge on any atom is 0.243 e. The molecule has 8 heteroatoms. The Kier molecular flexibility index (Phi) is 5.05. The highest BCUT2D eigenvalue weighted by molar-refractivity contribution is 7.89. The van der Waals surface area contributed by atoms with Gasteiger partial charge in [0.2, 0.25) is 10.0 Å². The second kappa shape index (κ2) is 5.90. The summed E-state index contributed by atoms with van der Waals surface area (Å²) < 4.78 is 37.2. The van der Waals surface area contributed by atoms with Crippen molar-refractivity contribution in [3.05, 3.63) is 23.5 Å². The quantitative estimate of drug-likeness (QED) is 0.815. The molecule has 2 unspecified atom stereocenters. The van der Waals surface area contributed by atoms with Crippen LogP contribution in [-0.2, 0) is 20.8 Å². The predicted molar refractivity (Wildman–Crippen MR) is 68.0 cm³/mol. The first-order valence-electron chi connectivity index (χ1n) is 4.76. The molecule has 17 heavy (non-hydrogen) atoms. The van der Waals surface area contributed by atoms with Crippen molar-refractivity contribution < 1.29 is 12.6 Å². The molecule has 0 saturated carbocycles. The lowest BCUT2D eigenvalue weighted by molar-refractivity contribution is 0.569. The van der Waals surface area contributed by atoms with E-state index in [4.69, 9.17) is 11.6 Å². The highest BCUT2D eigenvalue weighted by atomic mass is 35.5. The van der Waals surface area contributed by atoms with Crippen molar-refractivity contribution in [2.24, 2.45) is 0 Å². The number of rotatable bonds is 5. The number of hydrogen-bond donors (Lipinski definition) is 1. The molecule has 0 bridgehead atoms. The molecule has 5 nitrogen and oxygen atoms in total. The van der Waals surface area contributed by atoms with Crippen LogP contribution in [0.2, 0.25) is 5.15 Å². The number of nitrogens with zero attached hydrogens (tertiary/aromatic N) is 1. The van der Waals surface area contributed by atoms with E-state index in [1.54, 1.807) is 6.92 Å². The molecule has 0 radical (unpaired) electrons. The van der Waals surface area contributed by atoms with E-state index in [1.165, 1.54) is 24.6 Å². The SMILES string of the molecule is CC(CS(C)=O)NS(=O)(=O)c1cccnc1Cl. The Hall–Kier alpha value is -0.500. The summed E-state index contributed by atoms with van der Waals surface area (Å²) in [4.78, 5) is 3.63. The molecule has 0 aliphatic heterocycles. The Bertz CT molecular complexity index is 519. The van der Waals surface area contributed by atoms with E-state index in [9.17, 15) is 12.6 Å². The van der Waals surface area contributed by atoms with Crippen molar-refractivity contribution in [2.75, 3.05) is 12.0 Å². The van der Waals surface area contributed by atoms with E-state index < -0.39 is 26.9 Å². The van der Waals surface area contributed by atoms with Crippen LogP contribution in [0.5, 0.6) is 0 Å². The van der Waals surface area contributed by atoms with Gasteiger partial charge in [0, 0.05) is 35.0 Å². The standard InChI is InChI=1S/C9H13ClN2O3S2/c1-7(6-16(2)13)12-17(14,15)8-4-3-5-11-9(8)10/h3-5,7,12H,6H2,1-2H3. The molecular weight excluding hydrogens is 284 g/mol. The zero-order valence-electron chi connectivity index (χ0n) is 9.38. The smallest absolute Gasteiger partial charge is 0.243 e. The third-order valence-corrected chi connectivity index (χ3v) is 4.86. The Labute approximate surface area is 108 Å². The molecule has 0 saturated heterocycles. The lowest BCUT2D eigenvalue weighted by Crippen LogP contribution is -2.36. The topological polar surface area (TPSA) is 76.1 Å². The van der Waals surface area contributed by atoms with Crippen molar-refractivity contribution in [1.29, 1.82) is 0 Å². The Morgan fingerprint density at radius 1 is 1.59 bits per heavy atom. The van der Waals surface area contributed by atoms with E-state index in [2.05, 4.69) is 9.71 Å². The predicted octanol–water partition coefficient (Wildman–Crippen LogP) is 0.780. The van der Waals surface area contributed by atoms with Gasteiger partial charge < -0.3 is 0 Å². The van der Waals surface area contributed by atoms with Crippen LogP contribution in [0.4, 0.5) is 0 Å². The summed E-state index contributed by atoms with van der Waals surface area (Å²) in [7, 11) is -4.78. The first-order valence-corrected chi connectivity index (χ1v) is 8.34. The van der Waals surface area contributed by atoms with Crippen LogP contribution < -0.4 is 4.72 Å².